The van der Waals surface area contributed by atoms with E-state index < -0.39 is 10.0 Å². The van der Waals surface area contributed by atoms with Crippen LogP contribution in [0.3, 0.4) is 0 Å². The largest absolute Gasteiger partial charge is 0.381 e. The van der Waals surface area contributed by atoms with Crippen molar-refractivity contribution >= 4 is 27.2 Å². The van der Waals surface area contributed by atoms with Crippen molar-refractivity contribution in [1.82, 2.24) is 14.4 Å². The first-order valence-electron chi connectivity index (χ1n) is 6.15. The number of nitrogens with two attached hydrogens (primary N) is 1. The van der Waals surface area contributed by atoms with Crippen LogP contribution in [0.4, 0.5) is 11.5 Å². The van der Waals surface area contributed by atoms with Crippen LogP contribution < -0.4 is 10.5 Å². The summed E-state index contributed by atoms with van der Waals surface area (Å²) in [6.45, 7) is 1.78. The Balaban J connectivity index is 2.10. The molecule has 8 heteroatoms. The SMILES string of the molecule is Cc1cc(NS(=O)(=O)c2c(N)nc3ccccn23)ccn1. The molecule has 0 spiro atoms. The summed E-state index contributed by atoms with van der Waals surface area (Å²) in [7, 11) is -3.85. The van der Waals surface area contributed by atoms with Crippen molar-refractivity contribution < 1.29 is 8.42 Å². The average Bonchev–Trinajstić information content (AvgIpc) is 2.74. The van der Waals surface area contributed by atoms with Gasteiger partial charge >= 0.3 is 0 Å². The van der Waals surface area contributed by atoms with E-state index in [4.69, 9.17) is 5.73 Å². The maximum absolute atomic E-state index is 12.5. The summed E-state index contributed by atoms with van der Waals surface area (Å²) in [5.74, 6) is -0.0421. The topological polar surface area (TPSA) is 102 Å². The van der Waals surface area contributed by atoms with Crippen molar-refractivity contribution in [2.24, 2.45) is 0 Å². The van der Waals surface area contributed by atoms with Gasteiger partial charge in [0.25, 0.3) is 10.0 Å². The minimum atomic E-state index is -3.85. The van der Waals surface area contributed by atoms with Gasteiger partial charge in [-0.25, -0.2) is 4.98 Å². The standard InChI is InChI=1S/C13H13N5O2S/c1-9-8-10(5-6-15-9)17-21(19,20)13-12(14)16-11-4-2-3-7-18(11)13/h2-8H,14H2,1H3,(H,15,17). The van der Waals surface area contributed by atoms with E-state index in [1.165, 1.54) is 10.6 Å². The number of rotatable bonds is 3. The maximum Gasteiger partial charge on any atom is 0.281 e. The molecule has 0 aliphatic rings. The van der Waals surface area contributed by atoms with Gasteiger partial charge in [-0.3, -0.25) is 14.1 Å². The Bertz CT molecular complexity index is 917. The Morgan fingerprint density at radius 2 is 2.10 bits per heavy atom. The monoisotopic (exact) mass is 303 g/mol. The van der Waals surface area contributed by atoms with Gasteiger partial charge in [0.15, 0.2) is 5.82 Å². The zero-order chi connectivity index (χ0) is 15.0. The van der Waals surface area contributed by atoms with Crippen molar-refractivity contribution in [1.29, 1.82) is 0 Å². The van der Waals surface area contributed by atoms with E-state index in [9.17, 15) is 8.42 Å². The fraction of sp³-hybridized carbons (Fsp3) is 0.0769. The number of sulfonamides is 1. The number of aromatic nitrogens is 3. The lowest BCUT2D eigenvalue weighted by molar-refractivity contribution is 0.597. The van der Waals surface area contributed by atoms with Gasteiger partial charge in [-0.05, 0) is 31.2 Å². The van der Waals surface area contributed by atoms with Gasteiger partial charge in [0, 0.05) is 18.1 Å². The molecule has 0 atom stereocenters. The van der Waals surface area contributed by atoms with E-state index in [2.05, 4.69) is 14.7 Å². The third-order valence-electron chi connectivity index (χ3n) is 2.91. The Morgan fingerprint density at radius 1 is 1.29 bits per heavy atom. The van der Waals surface area contributed by atoms with E-state index in [0.29, 0.717) is 17.0 Å². The van der Waals surface area contributed by atoms with Crippen LogP contribution in [0.1, 0.15) is 5.69 Å². The second kappa shape index (κ2) is 4.74. The Hall–Kier alpha value is -2.61. The number of nitrogens with zero attached hydrogens (tertiary/aromatic N) is 3. The van der Waals surface area contributed by atoms with Crippen molar-refractivity contribution in [2.45, 2.75) is 11.9 Å². The molecule has 3 rings (SSSR count). The van der Waals surface area contributed by atoms with Crippen LogP contribution >= 0.6 is 0 Å². The van der Waals surface area contributed by atoms with E-state index in [0.717, 1.165) is 0 Å². The van der Waals surface area contributed by atoms with Crippen molar-refractivity contribution in [3.8, 4) is 0 Å². The predicted octanol–water partition coefficient (Wildman–Crippen LogP) is 1.42. The fourth-order valence-electron chi connectivity index (χ4n) is 2.07. The lowest BCUT2D eigenvalue weighted by atomic mass is 10.3. The van der Waals surface area contributed by atoms with Crippen LogP contribution in [0.15, 0.2) is 47.8 Å². The van der Waals surface area contributed by atoms with Crippen LogP contribution in [0.2, 0.25) is 0 Å². The Kier molecular flexibility index (Phi) is 3.02. The second-order valence-corrected chi connectivity index (χ2v) is 6.12. The molecule has 21 heavy (non-hydrogen) atoms. The molecular formula is C13H13N5O2S. The van der Waals surface area contributed by atoms with Gasteiger partial charge in [0.2, 0.25) is 5.03 Å². The Labute approximate surface area is 121 Å². The highest BCUT2D eigenvalue weighted by Gasteiger charge is 2.23. The summed E-state index contributed by atoms with van der Waals surface area (Å²) in [6, 6.07) is 8.37. The minimum Gasteiger partial charge on any atom is -0.381 e. The molecule has 0 amide bonds. The highest BCUT2D eigenvalue weighted by atomic mass is 32.2. The summed E-state index contributed by atoms with van der Waals surface area (Å²) in [5.41, 5.74) is 7.37. The first kappa shape index (κ1) is 13.4. The molecule has 0 fully saturated rings. The van der Waals surface area contributed by atoms with E-state index in [1.807, 2.05) is 0 Å². The van der Waals surface area contributed by atoms with Gasteiger partial charge in [-0.15, -0.1) is 0 Å². The third-order valence-corrected chi connectivity index (χ3v) is 4.33. The fourth-order valence-corrected chi connectivity index (χ4v) is 3.34. The molecule has 3 heterocycles. The first-order chi connectivity index (χ1) is 9.97. The molecule has 7 nitrogen and oxygen atoms in total. The van der Waals surface area contributed by atoms with Crippen LogP contribution in [0.5, 0.6) is 0 Å². The molecule has 0 bridgehead atoms. The van der Waals surface area contributed by atoms with E-state index in [1.54, 1.807) is 43.5 Å². The number of imidazole rings is 1. The molecule has 0 unspecified atom stereocenters. The van der Waals surface area contributed by atoms with Crippen molar-refractivity contribution in [3.05, 3.63) is 48.4 Å². The van der Waals surface area contributed by atoms with Crippen LogP contribution in [-0.2, 0) is 10.0 Å². The number of fused-ring (bicyclic) bond motifs is 1. The molecule has 0 aliphatic heterocycles. The second-order valence-electron chi connectivity index (χ2n) is 4.52. The maximum atomic E-state index is 12.5. The number of hydrogen-bond donors (Lipinski definition) is 2. The molecule has 3 aromatic rings. The molecule has 0 saturated heterocycles. The Morgan fingerprint density at radius 3 is 2.86 bits per heavy atom. The molecule has 3 aromatic heterocycles. The lowest BCUT2D eigenvalue weighted by Crippen LogP contribution is -2.16. The summed E-state index contributed by atoms with van der Waals surface area (Å²) in [4.78, 5) is 8.07. The quantitative estimate of drug-likeness (QED) is 0.762. The normalized spacial score (nSPS) is 11.7. The smallest absolute Gasteiger partial charge is 0.281 e. The van der Waals surface area contributed by atoms with Gasteiger partial charge in [-0.2, -0.15) is 8.42 Å². The van der Waals surface area contributed by atoms with Gasteiger partial charge in [0.1, 0.15) is 5.65 Å². The number of anilines is 2. The zero-order valence-electron chi connectivity index (χ0n) is 11.2. The number of aryl methyl sites for hydroxylation is 1. The van der Waals surface area contributed by atoms with Crippen LogP contribution in [-0.4, -0.2) is 22.8 Å². The van der Waals surface area contributed by atoms with E-state index in [-0.39, 0.29) is 10.8 Å². The predicted molar refractivity (Wildman–Crippen MR) is 79.4 cm³/mol. The van der Waals surface area contributed by atoms with Crippen molar-refractivity contribution in [3.63, 3.8) is 0 Å². The summed E-state index contributed by atoms with van der Waals surface area (Å²) in [5, 5.41) is -0.0763. The molecule has 0 aliphatic carbocycles. The molecular weight excluding hydrogens is 290 g/mol. The summed E-state index contributed by atoms with van der Waals surface area (Å²) < 4.78 is 29.0. The molecule has 108 valence electrons. The molecule has 0 aromatic carbocycles. The third kappa shape index (κ3) is 2.40. The molecule has 0 saturated carbocycles. The number of pyridine rings is 2. The van der Waals surface area contributed by atoms with Gasteiger partial charge < -0.3 is 5.73 Å². The van der Waals surface area contributed by atoms with E-state index >= 15 is 0 Å². The highest BCUT2D eigenvalue weighted by Crippen LogP contribution is 2.22. The van der Waals surface area contributed by atoms with Gasteiger partial charge in [-0.1, -0.05) is 6.07 Å². The highest BCUT2D eigenvalue weighted by molar-refractivity contribution is 7.92. The van der Waals surface area contributed by atoms with Crippen LogP contribution in [0, 0.1) is 6.92 Å². The number of nitrogen functional groups attached to an aromatic ring is 1. The first-order valence-corrected chi connectivity index (χ1v) is 7.64. The number of nitrogens with one attached hydrogen (secondary N) is 1. The zero-order valence-corrected chi connectivity index (χ0v) is 12.0. The average molecular weight is 303 g/mol. The van der Waals surface area contributed by atoms with Gasteiger partial charge in [0.05, 0.1) is 5.69 Å². The molecule has 3 N–H and O–H groups in total. The summed E-state index contributed by atoms with van der Waals surface area (Å²) in [6.07, 6.45) is 3.14. The van der Waals surface area contributed by atoms with Crippen molar-refractivity contribution in [2.75, 3.05) is 10.5 Å². The number of hydrogen-bond acceptors (Lipinski definition) is 5. The summed E-state index contributed by atoms with van der Waals surface area (Å²) >= 11 is 0. The van der Waals surface area contributed by atoms with Crippen LogP contribution in [0.25, 0.3) is 5.65 Å². The molecule has 0 radical (unpaired) electrons. The lowest BCUT2D eigenvalue weighted by Gasteiger charge is -2.08. The minimum absolute atomic E-state index is 0.0421.